The van der Waals surface area contributed by atoms with Crippen LogP contribution in [0.15, 0.2) is 27.8 Å². The second-order valence-corrected chi connectivity index (χ2v) is 5.04. The van der Waals surface area contributed by atoms with E-state index >= 15 is 0 Å². The van der Waals surface area contributed by atoms with E-state index < -0.39 is 0 Å². The number of guanidine groups is 1. The predicted octanol–water partition coefficient (Wildman–Crippen LogP) is 1.91. The Kier molecular flexibility index (Phi) is 6.12. The summed E-state index contributed by atoms with van der Waals surface area (Å²) >= 11 is 0. The highest BCUT2D eigenvalue weighted by atomic mass is 127. The maximum absolute atomic E-state index is 5.99. The minimum Gasteiger partial charge on any atom is -0.468 e. The van der Waals surface area contributed by atoms with E-state index in [0.29, 0.717) is 18.5 Å². The minimum atomic E-state index is 0. The topological polar surface area (TPSA) is 58.0 Å². The molecule has 108 valence electrons. The second kappa shape index (κ2) is 7.14. The van der Waals surface area contributed by atoms with Gasteiger partial charge in [0.25, 0.3) is 0 Å². The molecule has 1 aromatic rings. The van der Waals surface area contributed by atoms with Gasteiger partial charge in [0.1, 0.15) is 5.76 Å². The van der Waals surface area contributed by atoms with Gasteiger partial charge in [-0.1, -0.05) is 0 Å². The van der Waals surface area contributed by atoms with E-state index in [1.807, 2.05) is 33.3 Å². The van der Waals surface area contributed by atoms with Crippen LogP contribution in [0.4, 0.5) is 0 Å². The summed E-state index contributed by atoms with van der Waals surface area (Å²) in [5, 5.41) is 0. The normalized spacial score (nSPS) is 17.2. The van der Waals surface area contributed by atoms with Crippen molar-refractivity contribution in [2.24, 2.45) is 10.7 Å². The van der Waals surface area contributed by atoms with Crippen molar-refractivity contribution >= 4 is 29.9 Å². The summed E-state index contributed by atoms with van der Waals surface area (Å²) < 4.78 is 5.44. The highest BCUT2D eigenvalue weighted by molar-refractivity contribution is 14.0. The molecule has 0 saturated heterocycles. The zero-order chi connectivity index (χ0) is 13.1. The number of rotatable bonds is 5. The number of furan rings is 1. The van der Waals surface area contributed by atoms with Gasteiger partial charge in [0.2, 0.25) is 0 Å². The van der Waals surface area contributed by atoms with E-state index in [1.165, 1.54) is 12.8 Å². The van der Waals surface area contributed by atoms with Gasteiger partial charge >= 0.3 is 0 Å². The Labute approximate surface area is 131 Å². The van der Waals surface area contributed by atoms with Crippen molar-refractivity contribution in [2.75, 3.05) is 27.7 Å². The van der Waals surface area contributed by atoms with Crippen LogP contribution in [0, 0.1) is 0 Å². The Morgan fingerprint density at radius 1 is 1.47 bits per heavy atom. The SMILES string of the molecule is CN(C)C(CN=C(N)N(C)C1CC1)c1ccco1.I. The molecule has 0 aromatic carbocycles. The van der Waals surface area contributed by atoms with E-state index in [-0.39, 0.29) is 30.0 Å². The van der Waals surface area contributed by atoms with Gasteiger partial charge in [-0.05, 0) is 39.1 Å². The molecule has 1 unspecified atom stereocenters. The highest BCUT2D eigenvalue weighted by Gasteiger charge is 2.27. The Hall–Kier alpha value is -0.760. The summed E-state index contributed by atoms with van der Waals surface area (Å²) in [4.78, 5) is 8.64. The first-order valence-corrected chi connectivity index (χ1v) is 6.32. The van der Waals surface area contributed by atoms with E-state index in [2.05, 4.69) is 14.8 Å². The van der Waals surface area contributed by atoms with Crippen LogP contribution in [-0.4, -0.2) is 49.5 Å². The van der Waals surface area contributed by atoms with Crippen LogP contribution >= 0.6 is 24.0 Å². The van der Waals surface area contributed by atoms with Crippen LogP contribution < -0.4 is 5.73 Å². The fourth-order valence-electron chi connectivity index (χ4n) is 1.93. The average Bonchev–Trinajstić information content (AvgIpc) is 3.05. The molecule has 0 bridgehead atoms. The van der Waals surface area contributed by atoms with Gasteiger partial charge in [-0.25, -0.2) is 0 Å². The van der Waals surface area contributed by atoms with Crippen LogP contribution in [0.5, 0.6) is 0 Å². The molecule has 1 saturated carbocycles. The van der Waals surface area contributed by atoms with Gasteiger partial charge in [0.05, 0.1) is 18.8 Å². The summed E-state index contributed by atoms with van der Waals surface area (Å²) in [6.45, 7) is 0.614. The number of hydrogen-bond donors (Lipinski definition) is 1. The van der Waals surface area contributed by atoms with E-state index in [4.69, 9.17) is 10.2 Å². The molecule has 2 N–H and O–H groups in total. The van der Waals surface area contributed by atoms with Gasteiger partial charge in [-0.15, -0.1) is 24.0 Å². The summed E-state index contributed by atoms with van der Waals surface area (Å²) in [5.41, 5.74) is 5.99. The van der Waals surface area contributed by atoms with Gasteiger partial charge < -0.3 is 15.1 Å². The van der Waals surface area contributed by atoms with Gasteiger partial charge in [-0.3, -0.25) is 9.89 Å². The molecule has 0 spiro atoms. The van der Waals surface area contributed by atoms with Crippen molar-refractivity contribution in [1.29, 1.82) is 0 Å². The third kappa shape index (κ3) is 4.38. The molecule has 1 heterocycles. The molecular formula is C13H23IN4O. The smallest absolute Gasteiger partial charge is 0.191 e. The number of halogens is 1. The molecular weight excluding hydrogens is 355 g/mol. The average molecular weight is 378 g/mol. The lowest BCUT2D eigenvalue weighted by Gasteiger charge is -2.22. The standard InChI is InChI=1S/C13H22N4O.HI/c1-16(2)11(12-5-4-8-18-12)9-15-13(14)17(3)10-6-7-10;/h4-5,8,10-11H,6-7,9H2,1-3H3,(H2,14,15);1H. The molecule has 0 radical (unpaired) electrons. The Balaban J connectivity index is 0.00000180. The minimum absolute atomic E-state index is 0. The first kappa shape index (κ1) is 16.3. The monoisotopic (exact) mass is 378 g/mol. The first-order valence-electron chi connectivity index (χ1n) is 6.32. The lowest BCUT2D eigenvalue weighted by molar-refractivity contribution is 0.264. The van der Waals surface area contributed by atoms with Crippen LogP contribution in [0.2, 0.25) is 0 Å². The largest absolute Gasteiger partial charge is 0.468 e. The van der Waals surface area contributed by atoms with E-state index in [9.17, 15) is 0 Å². The quantitative estimate of drug-likeness (QED) is 0.483. The van der Waals surface area contributed by atoms with Crippen molar-refractivity contribution < 1.29 is 4.42 Å². The molecule has 1 aromatic heterocycles. The molecule has 0 amide bonds. The lowest BCUT2D eigenvalue weighted by atomic mass is 10.2. The molecule has 1 aliphatic rings. The number of hydrogen-bond acceptors (Lipinski definition) is 3. The fourth-order valence-corrected chi connectivity index (χ4v) is 1.93. The third-order valence-electron chi connectivity index (χ3n) is 3.38. The number of nitrogens with two attached hydrogens (primary N) is 1. The zero-order valence-electron chi connectivity index (χ0n) is 11.7. The van der Waals surface area contributed by atoms with Crippen molar-refractivity contribution in [2.45, 2.75) is 24.9 Å². The van der Waals surface area contributed by atoms with Gasteiger partial charge in [0.15, 0.2) is 5.96 Å². The molecule has 1 fully saturated rings. The van der Waals surface area contributed by atoms with Crippen molar-refractivity contribution in [3.05, 3.63) is 24.2 Å². The number of likely N-dealkylation sites (N-methyl/N-ethyl adjacent to an activating group) is 1. The molecule has 5 nitrogen and oxygen atoms in total. The van der Waals surface area contributed by atoms with Crippen molar-refractivity contribution in [1.82, 2.24) is 9.80 Å². The molecule has 19 heavy (non-hydrogen) atoms. The summed E-state index contributed by atoms with van der Waals surface area (Å²) in [6.07, 6.45) is 4.14. The van der Waals surface area contributed by atoms with E-state index in [1.54, 1.807) is 6.26 Å². The third-order valence-corrected chi connectivity index (χ3v) is 3.38. The summed E-state index contributed by atoms with van der Waals surface area (Å²) in [7, 11) is 6.04. The zero-order valence-corrected chi connectivity index (χ0v) is 14.1. The van der Waals surface area contributed by atoms with Crippen LogP contribution in [0.25, 0.3) is 0 Å². The Morgan fingerprint density at radius 3 is 2.63 bits per heavy atom. The predicted molar refractivity (Wildman–Crippen MR) is 87.8 cm³/mol. The maximum atomic E-state index is 5.99. The maximum Gasteiger partial charge on any atom is 0.191 e. The lowest BCUT2D eigenvalue weighted by Crippen LogP contribution is -2.36. The fraction of sp³-hybridized carbons (Fsp3) is 0.615. The molecule has 6 heteroatoms. The first-order chi connectivity index (χ1) is 8.59. The molecule has 1 aliphatic carbocycles. The number of nitrogens with zero attached hydrogens (tertiary/aromatic N) is 3. The molecule has 1 atom stereocenters. The Bertz CT molecular complexity index is 401. The summed E-state index contributed by atoms with van der Waals surface area (Å²) in [5.74, 6) is 1.54. The Morgan fingerprint density at radius 2 is 2.16 bits per heavy atom. The molecule has 0 aliphatic heterocycles. The van der Waals surface area contributed by atoms with Crippen molar-refractivity contribution in [3.63, 3.8) is 0 Å². The number of aliphatic imine (C=N–C) groups is 1. The highest BCUT2D eigenvalue weighted by Crippen LogP contribution is 2.25. The van der Waals surface area contributed by atoms with E-state index in [0.717, 1.165) is 5.76 Å². The second-order valence-electron chi connectivity index (χ2n) is 5.04. The summed E-state index contributed by atoms with van der Waals surface area (Å²) in [6, 6.07) is 4.59. The van der Waals surface area contributed by atoms with Gasteiger partial charge in [-0.2, -0.15) is 0 Å². The van der Waals surface area contributed by atoms with Crippen LogP contribution in [0.3, 0.4) is 0 Å². The van der Waals surface area contributed by atoms with Crippen LogP contribution in [0.1, 0.15) is 24.6 Å². The van der Waals surface area contributed by atoms with Crippen LogP contribution in [-0.2, 0) is 0 Å². The van der Waals surface area contributed by atoms with Gasteiger partial charge in [0, 0.05) is 13.1 Å². The molecule has 2 rings (SSSR count). The van der Waals surface area contributed by atoms with Crippen molar-refractivity contribution in [3.8, 4) is 0 Å².